The largest absolute Gasteiger partial charge is 0.394 e. The number of hydrogen-bond donors (Lipinski definition) is 3. The molecule has 1 aliphatic carbocycles. The SMILES string of the molecule is NCC1CCC(C(=O)NC2(CO)CCCC2)O1. The second-order valence-electron chi connectivity index (χ2n) is 5.19. The number of amides is 1. The molecular formula is C12H22N2O3. The highest BCUT2D eigenvalue weighted by Gasteiger charge is 2.38. The summed E-state index contributed by atoms with van der Waals surface area (Å²) in [7, 11) is 0. The molecule has 0 spiro atoms. The van der Waals surface area contributed by atoms with Gasteiger partial charge in [0.25, 0.3) is 0 Å². The Bertz CT molecular complexity index is 277. The fourth-order valence-electron chi connectivity index (χ4n) is 2.79. The smallest absolute Gasteiger partial charge is 0.249 e. The monoisotopic (exact) mass is 242 g/mol. The maximum Gasteiger partial charge on any atom is 0.249 e. The molecule has 0 radical (unpaired) electrons. The molecule has 2 atom stereocenters. The summed E-state index contributed by atoms with van der Waals surface area (Å²) in [5, 5.41) is 12.4. The predicted octanol–water partition coefficient (Wildman–Crippen LogP) is -0.0860. The zero-order valence-corrected chi connectivity index (χ0v) is 10.2. The van der Waals surface area contributed by atoms with Crippen molar-refractivity contribution in [3.8, 4) is 0 Å². The molecule has 1 amide bonds. The van der Waals surface area contributed by atoms with Crippen LogP contribution in [0.3, 0.4) is 0 Å². The third kappa shape index (κ3) is 2.78. The van der Waals surface area contributed by atoms with E-state index in [1.807, 2.05) is 0 Å². The topological polar surface area (TPSA) is 84.6 Å². The van der Waals surface area contributed by atoms with Gasteiger partial charge >= 0.3 is 0 Å². The Morgan fingerprint density at radius 3 is 2.65 bits per heavy atom. The van der Waals surface area contributed by atoms with E-state index in [2.05, 4.69) is 5.32 Å². The molecule has 0 aromatic heterocycles. The van der Waals surface area contributed by atoms with Crippen LogP contribution in [-0.2, 0) is 9.53 Å². The van der Waals surface area contributed by atoms with Gasteiger partial charge in [-0.05, 0) is 25.7 Å². The van der Waals surface area contributed by atoms with Gasteiger partial charge in [-0.3, -0.25) is 4.79 Å². The fourth-order valence-corrected chi connectivity index (χ4v) is 2.79. The Hall–Kier alpha value is -0.650. The first-order valence-electron chi connectivity index (χ1n) is 6.47. The van der Waals surface area contributed by atoms with Crippen molar-refractivity contribution < 1.29 is 14.6 Å². The van der Waals surface area contributed by atoms with Crippen LogP contribution >= 0.6 is 0 Å². The van der Waals surface area contributed by atoms with Gasteiger partial charge in [-0.2, -0.15) is 0 Å². The minimum atomic E-state index is -0.402. The first-order valence-corrected chi connectivity index (χ1v) is 6.47. The number of ether oxygens (including phenoxy) is 1. The van der Waals surface area contributed by atoms with Gasteiger partial charge in [0.05, 0.1) is 18.2 Å². The number of carbonyl (C=O) groups excluding carboxylic acids is 1. The first-order chi connectivity index (χ1) is 8.19. The zero-order chi connectivity index (χ0) is 12.3. The molecule has 1 aliphatic heterocycles. The fraction of sp³-hybridized carbons (Fsp3) is 0.917. The molecule has 98 valence electrons. The highest BCUT2D eigenvalue weighted by molar-refractivity contribution is 5.81. The van der Waals surface area contributed by atoms with Gasteiger partial charge < -0.3 is 20.9 Å². The van der Waals surface area contributed by atoms with E-state index in [0.717, 1.165) is 38.5 Å². The van der Waals surface area contributed by atoms with Crippen molar-refractivity contribution in [2.24, 2.45) is 5.73 Å². The van der Waals surface area contributed by atoms with Gasteiger partial charge in [-0.1, -0.05) is 12.8 Å². The molecule has 0 aromatic rings. The van der Waals surface area contributed by atoms with Gasteiger partial charge in [0.1, 0.15) is 6.10 Å². The minimum absolute atomic E-state index is 0.0133. The molecule has 1 saturated carbocycles. The van der Waals surface area contributed by atoms with Crippen LogP contribution in [0.25, 0.3) is 0 Å². The molecule has 2 unspecified atom stereocenters. The average Bonchev–Trinajstić information content (AvgIpc) is 2.97. The lowest BCUT2D eigenvalue weighted by Crippen LogP contribution is -2.52. The molecule has 0 bridgehead atoms. The molecule has 0 aromatic carbocycles. The van der Waals surface area contributed by atoms with Crippen LogP contribution in [0.15, 0.2) is 0 Å². The maximum absolute atomic E-state index is 12.0. The number of aliphatic hydroxyl groups excluding tert-OH is 1. The van der Waals surface area contributed by atoms with Crippen molar-refractivity contribution in [3.05, 3.63) is 0 Å². The predicted molar refractivity (Wildman–Crippen MR) is 63.4 cm³/mol. The highest BCUT2D eigenvalue weighted by Crippen LogP contribution is 2.30. The number of aliphatic hydroxyl groups is 1. The summed E-state index contributed by atoms with van der Waals surface area (Å²) in [6, 6.07) is 0. The molecule has 17 heavy (non-hydrogen) atoms. The van der Waals surface area contributed by atoms with Crippen LogP contribution in [0.2, 0.25) is 0 Å². The van der Waals surface area contributed by atoms with E-state index in [4.69, 9.17) is 10.5 Å². The normalized spacial score (nSPS) is 31.6. The summed E-state index contributed by atoms with van der Waals surface area (Å²) in [5.41, 5.74) is 5.11. The van der Waals surface area contributed by atoms with Gasteiger partial charge in [-0.15, -0.1) is 0 Å². The van der Waals surface area contributed by atoms with E-state index in [0.29, 0.717) is 6.54 Å². The quantitative estimate of drug-likeness (QED) is 0.643. The van der Waals surface area contributed by atoms with E-state index in [1.54, 1.807) is 0 Å². The van der Waals surface area contributed by atoms with Crippen molar-refractivity contribution >= 4 is 5.91 Å². The summed E-state index contributed by atoms with van der Waals surface area (Å²) in [6.07, 6.45) is 5.07. The lowest BCUT2D eigenvalue weighted by molar-refractivity contribution is -0.134. The Morgan fingerprint density at radius 1 is 1.41 bits per heavy atom. The third-order valence-corrected chi connectivity index (χ3v) is 3.91. The van der Waals surface area contributed by atoms with Crippen LogP contribution in [0.5, 0.6) is 0 Å². The second kappa shape index (κ2) is 5.33. The Morgan fingerprint density at radius 2 is 2.12 bits per heavy atom. The molecular weight excluding hydrogens is 220 g/mol. The molecule has 1 heterocycles. The van der Waals surface area contributed by atoms with Gasteiger partial charge in [0, 0.05) is 6.54 Å². The molecule has 5 heteroatoms. The number of rotatable bonds is 4. The number of carbonyl (C=O) groups is 1. The molecule has 2 fully saturated rings. The third-order valence-electron chi connectivity index (χ3n) is 3.91. The van der Waals surface area contributed by atoms with Gasteiger partial charge in [-0.25, -0.2) is 0 Å². The van der Waals surface area contributed by atoms with Crippen LogP contribution in [0, 0.1) is 0 Å². The molecule has 2 rings (SSSR count). The average molecular weight is 242 g/mol. The van der Waals surface area contributed by atoms with Crippen molar-refractivity contribution in [3.63, 3.8) is 0 Å². The number of nitrogens with two attached hydrogens (primary N) is 1. The van der Waals surface area contributed by atoms with Crippen LogP contribution in [0.1, 0.15) is 38.5 Å². The maximum atomic E-state index is 12.0. The Balaban J connectivity index is 1.88. The number of nitrogens with one attached hydrogen (secondary N) is 1. The summed E-state index contributed by atoms with van der Waals surface area (Å²) in [5.74, 6) is -0.0862. The minimum Gasteiger partial charge on any atom is -0.394 e. The first kappa shape index (κ1) is 12.8. The van der Waals surface area contributed by atoms with Crippen LogP contribution < -0.4 is 11.1 Å². The van der Waals surface area contributed by atoms with Gasteiger partial charge in [0.15, 0.2) is 0 Å². The van der Waals surface area contributed by atoms with Crippen molar-refractivity contribution in [2.75, 3.05) is 13.2 Å². The van der Waals surface area contributed by atoms with Gasteiger partial charge in [0.2, 0.25) is 5.91 Å². The van der Waals surface area contributed by atoms with E-state index in [1.165, 1.54) is 0 Å². The van der Waals surface area contributed by atoms with E-state index >= 15 is 0 Å². The summed E-state index contributed by atoms with van der Waals surface area (Å²) >= 11 is 0. The summed E-state index contributed by atoms with van der Waals surface area (Å²) < 4.78 is 5.55. The lowest BCUT2D eigenvalue weighted by Gasteiger charge is -2.29. The Kier molecular flexibility index (Phi) is 4.01. The zero-order valence-electron chi connectivity index (χ0n) is 10.2. The molecule has 4 N–H and O–H groups in total. The molecule has 5 nitrogen and oxygen atoms in total. The summed E-state index contributed by atoms with van der Waals surface area (Å²) in [4.78, 5) is 12.0. The second-order valence-corrected chi connectivity index (χ2v) is 5.19. The van der Waals surface area contributed by atoms with E-state index in [-0.39, 0.29) is 24.7 Å². The molecule has 2 aliphatic rings. The number of hydrogen-bond acceptors (Lipinski definition) is 4. The summed E-state index contributed by atoms with van der Waals surface area (Å²) in [6.45, 7) is 0.487. The van der Waals surface area contributed by atoms with Crippen molar-refractivity contribution in [2.45, 2.75) is 56.3 Å². The highest BCUT2D eigenvalue weighted by atomic mass is 16.5. The van der Waals surface area contributed by atoms with Crippen molar-refractivity contribution in [1.29, 1.82) is 0 Å². The van der Waals surface area contributed by atoms with E-state index < -0.39 is 5.54 Å². The standard InChI is InChI=1S/C12H22N2O3/c13-7-9-3-4-10(17-9)11(16)14-12(8-15)5-1-2-6-12/h9-10,15H,1-8,13H2,(H,14,16). The van der Waals surface area contributed by atoms with Crippen molar-refractivity contribution in [1.82, 2.24) is 5.32 Å². The van der Waals surface area contributed by atoms with Crippen LogP contribution in [-0.4, -0.2) is 41.9 Å². The lowest BCUT2D eigenvalue weighted by atomic mass is 9.98. The van der Waals surface area contributed by atoms with E-state index in [9.17, 15) is 9.90 Å². The molecule has 1 saturated heterocycles. The van der Waals surface area contributed by atoms with Crippen LogP contribution in [0.4, 0.5) is 0 Å². The Labute approximate surface area is 102 Å².